The quantitative estimate of drug-likeness (QED) is 0.829. The van der Waals surface area contributed by atoms with E-state index in [1.165, 1.54) is 6.07 Å². The molecule has 0 aromatic heterocycles. The van der Waals surface area contributed by atoms with Crippen molar-refractivity contribution in [2.24, 2.45) is 4.99 Å². The molecule has 0 aliphatic carbocycles. The molecule has 5 heteroatoms. The Bertz CT molecular complexity index is 784. The lowest BCUT2D eigenvalue weighted by Crippen LogP contribution is -2.35. The van der Waals surface area contributed by atoms with Gasteiger partial charge < -0.3 is 4.90 Å². The molecule has 2 aromatic carbocycles. The van der Waals surface area contributed by atoms with Crippen molar-refractivity contribution in [3.63, 3.8) is 0 Å². The number of hydrogen-bond donors (Lipinski definition) is 0. The number of aliphatic imine (C=N–C) groups is 1. The number of carbonyl (C=O) groups excluding carboxylic acids is 1. The van der Waals surface area contributed by atoms with Crippen molar-refractivity contribution in [1.29, 1.82) is 0 Å². The zero-order valence-electron chi connectivity index (χ0n) is 12.2. The van der Waals surface area contributed by atoms with Crippen LogP contribution in [-0.2, 0) is 4.79 Å². The van der Waals surface area contributed by atoms with E-state index < -0.39 is 11.6 Å². The highest BCUT2D eigenvalue weighted by atomic mass is 19.2. The van der Waals surface area contributed by atoms with E-state index in [2.05, 4.69) is 4.99 Å². The minimum absolute atomic E-state index is 0.0219. The molecule has 0 saturated heterocycles. The predicted octanol–water partition coefficient (Wildman–Crippen LogP) is 3.84. The number of benzene rings is 2. The van der Waals surface area contributed by atoms with Gasteiger partial charge in [0.05, 0.1) is 11.4 Å². The molecule has 0 atom stereocenters. The largest absolute Gasteiger partial charge is 0.304 e. The second kappa shape index (κ2) is 5.33. The van der Waals surface area contributed by atoms with Gasteiger partial charge in [-0.15, -0.1) is 0 Å². The molecule has 22 heavy (non-hydrogen) atoms. The maximum Gasteiger partial charge on any atom is 0.277 e. The van der Waals surface area contributed by atoms with E-state index in [-0.39, 0.29) is 23.3 Å². The highest BCUT2D eigenvalue weighted by molar-refractivity contribution is 6.54. The number of amides is 1. The molecular formula is C17H14F2N2O. The minimum Gasteiger partial charge on any atom is -0.304 e. The van der Waals surface area contributed by atoms with Crippen LogP contribution in [0.3, 0.4) is 0 Å². The molecule has 0 bridgehead atoms. The van der Waals surface area contributed by atoms with E-state index in [4.69, 9.17) is 0 Å². The molecule has 0 N–H and O–H groups in total. The van der Waals surface area contributed by atoms with Crippen molar-refractivity contribution < 1.29 is 13.6 Å². The van der Waals surface area contributed by atoms with Gasteiger partial charge in [0.25, 0.3) is 5.91 Å². The zero-order chi connectivity index (χ0) is 15.9. The average Bonchev–Trinajstić information content (AvgIpc) is 2.76. The highest BCUT2D eigenvalue weighted by Gasteiger charge is 2.35. The molecule has 1 amide bonds. The summed E-state index contributed by atoms with van der Waals surface area (Å²) in [5.41, 5.74) is 1.94. The van der Waals surface area contributed by atoms with Gasteiger partial charge in [0.15, 0.2) is 11.6 Å². The minimum atomic E-state index is -0.985. The Kier molecular flexibility index (Phi) is 3.48. The number of hydrogen-bond acceptors (Lipinski definition) is 2. The van der Waals surface area contributed by atoms with Crippen molar-refractivity contribution in [2.45, 2.75) is 19.9 Å². The van der Waals surface area contributed by atoms with Gasteiger partial charge in [0, 0.05) is 17.7 Å². The summed E-state index contributed by atoms with van der Waals surface area (Å²) in [7, 11) is 0. The predicted molar refractivity (Wildman–Crippen MR) is 81.6 cm³/mol. The summed E-state index contributed by atoms with van der Waals surface area (Å²) in [4.78, 5) is 18.5. The third-order valence-electron chi connectivity index (χ3n) is 3.50. The Morgan fingerprint density at radius 2 is 1.77 bits per heavy atom. The van der Waals surface area contributed by atoms with Crippen molar-refractivity contribution in [3.05, 3.63) is 59.7 Å². The van der Waals surface area contributed by atoms with Crippen molar-refractivity contribution >= 4 is 23.0 Å². The first-order valence-corrected chi connectivity index (χ1v) is 6.95. The molecule has 3 nitrogen and oxygen atoms in total. The van der Waals surface area contributed by atoms with Gasteiger partial charge in [-0.3, -0.25) is 4.79 Å². The molecule has 112 valence electrons. The first-order valence-electron chi connectivity index (χ1n) is 6.95. The second-order valence-corrected chi connectivity index (χ2v) is 5.34. The van der Waals surface area contributed by atoms with Crippen LogP contribution in [0.25, 0.3) is 0 Å². The molecule has 0 spiro atoms. The normalized spacial score (nSPS) is 15.8. The number of rotatable bonds is 2. The summed E-state index contributed by atoms with van der Waals surface area (Å²) < 4.78 is 26.3. The molecule has 1 heterocycles. The van der Waals surface area contributed by atoms with Crippen LogP contribution >= 0.6 is 0 Å². The number of carbonyl (C=O) groups is 1. The van der Waals surface area contributed by atoms with Crippen LogP contribution in [-0.4, -0.2) is 17.7 Å². The molecule has 3 rings (SSSR count). The SMILES string of the molecule is CC(C)N1C(=O)C(=Nc2ccc(F)c(F)c2)c2ccccc21. The van der Waals surface area contributed by atoms with Crippen molar-refractivity contribution in [1.82, 2.24) is 0 Å². The lowest BCUT2D eigenvalue weighted by atomic mass is 10.1. The van der Waals surface area contributed by atoms with Crippen LogP contribution in [0.1, 0.15) is 19.4 Å². The third-order valence-corrected chi connectivity index (χ3v) is 3.50. The zero-order valence-corrected chi connectivity index (χ0v) is 12.2. The lowest BCUT2D eigenvalue weighted by Gasteiger charge is -2.20. The molecule has 0 unspecified atom stereocenters. The van der Waals surface area contributed by atoms with Crippen LogP contribution in [0.2, 0.25) is 0 Å². The fraction of sp³-hybridized carbons (Fsp3) is 0.176. The molecule has 0 saturated carbocycles. The van der Waals surface area contributed by atoms with E-state index in [0.717, 1.165) is 17.8 Å². The molecule has 1 aliphatic rings. The van der Waals surface area contributed by atoms with Gasteiger partial charge in [-0.2, -0.15) is 0 Å². The van der Waals surface area contributed by atoms with E-state index >= 15 is 0 Å². The van der Waals surface area contributed by atoms with E-state index in [9.17, 15) is 13.6 Å². The maximum atomic E-state index is 13.3. The monoisotopic (exact) mass is 300 g/mol. The first kappa shape index (κ1) is 14.4. The topological polar surface area (TPSA) is 32.7 Å². The van der Waals surface area contributed by atoms with Crippen LogP contribution in [0.4, 0.5) is 20.2 Å². The lowest BCUT2D eigenvalue weighted by molar-refractivity contribution is -0.112. The average molecular weight is 300 g/mol. The Balaban J connectivity index is 2.12. The summed E-state index contributed by atoms with van der Waals surface area (Å²) in [6, 6.07) is 10.6. The van der Waals surface area contributed by atoms with Gasteiger partial charge in [0.1, 0.15) is 5.71 Å². The van der Waals surface area contributed by atoms with Crippen LogP contribution in [0, 0.1) is 11.6 Å². The Hall–Kier alpha value is -2.56. The number of nitrogens with zero attached hydrogens (tertiary/aromatic N) is 2. The summed E-state index contributed by atoms with van der Waals surface area (Å²) in [5.74, 6) is -2.16. The Labute approximate surface area is 126 Å². The fourth-order valence-electron chi connectivity index (χ4n) is 2.53. The van der Waals surface area contributed by atoms with Crippen molar-refractivity contribution in [3.8, 4) is 0 Å². The molecule has 0 fully saturated rings. The van der Waals surface area contributed by atoms with Gasteiger partial charge in [0.2, 0.25) is 0 Å². The summed E-state index contributed by atoms with van der Waals surface area (Å²) >= 11 is 0. The van der Waals surface area contributed by atoms with Gasteiger partial charge in [-0.05, 0) is 32.0 Å². The van der Waals surface area contributed by atoms with E-state index in [1.807, 2.05) is 32.0 Å². The Morgan fingerprint density at radius 1 is 1.05 bits per heavy atom. The smallest absolute Gasteiger partial charge is 0.277 e. The molecule has 1 aliphatic heterocycles. The molecule has 2 aromatic rings. The van der Waals surface area contributed by atoms with E-state index in [1.54, 1.807) is 11.0 Å². The standard InChI is InChI=1S/C17H14F2N2O/c1-10(2)21-15-6-4-3-5-12(15)16(17(21)22)20-11-7-8-13(18)14(19)9-11/h3-10H,1-2H3. The van der Waals surface area contributed by atoms with Gasteiger partial charge in [-0.25, -0.2) is 13.8 Å². The second-order valence-electron chi connectivity index (χ2n) is 5.34. The fourth-order valence-corrected chi connectivity index (χ4v) is 2.53. The van der Waals surface area contributed by atoms with Gasteiger partial charge >= 0.3 is 0 Å². The summed E-state index contributed by atoms with van der Waals surface area (Å²) in [5, 5.41) is 0. The van der Waals surface area contributed by atoms with Crippen molar-refractivity contribution in [2.75, 3.05) is 4.90 Å². The summed E-state index contributed by atoms with van der Waals surface area (Å²) in [6.07, 6.45) is 0. The number of fused-ring (bicyclic) bond motifs is 1. The van der Waals surface area contributed by atoms with Gasteiger partial charge in [-0.1, -0.05) is 18.2 Å². The molecule has 0 radical (unpaired) electrons. The highest BCUT2D eigenvalue weighted by Crippen LogP contribution is 2.32. The van der Waals surface area contributed by atoms with Crippen LogP contribution in [0.5, 0.6) is 0 Å². The third kappa shape index (κ3) is 2.28. The molecular weight excluding hydrogens is 286 g/mol. The van der Waals surface area contributed by atoms with E-state index in [0.29, 0.717) is 5.56 Å². The van der Waals surface area contributed by atoms with Crippen LogP contribution < -0.4 is 4.90 Å². The number of halogens is 2. The summed E-state index contributed by atoms with van der Waals surface area (Å²) in [6.45, 7) is 3.82. The van der Waals surface area contributed by atoms with Crippen LogP contribution in [0.15, 0.2) is 47.5 Å². The first-order chi connectivity index (χ1) is 10.5. The number of anilines is 1. The maximum absolute atomic E-state index is 13.3. The Morgan fingerprint density at radius 3 is 2.45 bits per heavy atom. The number of para-hydroxylation sites is 1.